The summed E-state index contributed by atoms with van der Waals surface area (Å²) in [5, 5.41) is 11.3. The summed E-state index contributed by atoms with van der Waals surface area (Å²) in [6, 6.07) is 1.34. The minimum absolute atomic E-state index is 0.0995. The van der Waals surface area contributed by atoms with Crippen molar-refractivity contribution in [3.8, 4) is 0 Å². The molecule has 0 aromatic heterocycles. The second kappa shape index (κ2) is 5.37. The first-order valence-corrected chi connectivity index (χ1v) is 7.36. The molecule has 110 valence electrons. The molecule has 0 spiro atoms. The third-order valence-corrected chi connectivity index (χ3v) is 3.74. The Hall–Kier alpha value is -2.29. The normalized spacial score (nSPS) is 12.7. The molecule has 9 heteroatoms. The molecule has 0 aliphatic carbocycles. The Labute approximate surface area is 115 Å². The number of rotatable bonds is 5. The van der Waals surface area contributed by atoms with Gasteiger partial charge in [0.1, 0.15) is 10.9 Å². The maximum absolute atomic E-state index is 11.8. The van der Waals surface area contributed by atoms with E-state index in [1.54, 1.807) is 0 Å². The summed E-state index contributed by atoms with van der Waals surface area (Å²) in [5.74, 6) is -2.11. The zero-order chi connectivity index (χ0) is 15.7. The van der Waals surface area contributed by atoms with E-state index in [-0.39, 0.29) is 21.8 Å². The molecule has 0 aliphatic heterocycles. The first-order chi connectivity index (χ1) is 9.05. The SMILES string of the molecule is C[C@H](Nc1c(C(N)=O)ccc(N)c1S(C)(=O)=O)C(=O)O. The smallest absolute Gasteiger partial charge is 0.325 e. The molecule has 0 saturated heterocycles. The quantitative estimate of drug-likeness (QED) is 0.542. The minimum Gasteiger partial charge on any atom is -0.480 e. The van der Waals surface area contributed by atoms with Crippen molar-refractivity contribution in [3.63, 3.8) is 0 Å². The summed E-state index contributed by atoms with van der Waals surface area (Å²) in [5.41, 5.74) is 10.3. The topological polar surface area (TPSA) is 153 Å². The molecule has 0 radical (unpaired) electrons. The van der Waals surface area contributed by atoms with Crippen LogP contribution < -0.4 is 16.8 Å². The number of sulfone groups is 1. The Morgan fingerprint density at radius 3 is 2.30 bits per heavy atom. The average Bonchev–Trinajstić information content (AvgIpc) is 2.26. The highest BCUT2D eigenvalue weighted by Crippen LogP contribution is 2.31. The van der Waals surface area contributed by atoms with Gasteiger partial charge in [-0.2, -0.15) is 0 Å². The number of nitrogen functional groups attached to an aromatic ring is 1. The van der Waals surface area contributed by atoms with E-state index < -0.39 is 27.8 Å². The molecule has 0 unspecified atom stereocenters. The van der Waals surface area contributed by atoms with Gasteiger partial charge in [-0.15, -0.1) is 0 Å². The first kappa shape index (κ1) is 15.8. The summed E-state index contributed by atoms with van der Waals surface area (Å²) in [4.78, 5) is 21.9. The number of anilines is 2. The highest BCUT2D eigenvalue weighted by atomic mass is 32.2. The van der Waals surface area contributed by atoms with Gasteiger partial charge < -0.3 is 21.9 Å². The van der Waals surface area contributed by atoms with Crippen LogP contribution in [0.5, 0.6) is 0 Å². The van der Waals surface area contributed by atoms with Gasteiger partial charge in [-0.3, -0.25) is 9.59 Å². The number of carbonyl (C=O) groups excluding carboxylic acids is 1. The number of carboxylic acids is 1. The molecule has 1 aromatic rings. The number of nitrogens with two attached hydrogens (primary N) is 2. The predicted octanol–water partition coefficient (Wildman–Crippen LogP) is -0.344. The molecule has 1 amide bonds. The largest absolute Gasteiger partial charge is 0.480 e. The summed E-state index contributed by atoms with van der Waals surface area (Å²) in [7, 11) is -3.78. The highest BCUT2D eigenvalue weighted by molar-refractivity contribution is 7.91. The van der Waals surface area contributed by atoms with Crippen LogP contribution in [0.2, 0.25) is 0 Å². The van der Waals surface area contributed by atoms with E-state index in [0.29, 0.717) is 0 Å². The molecule has 1 rings (SSSR count). The number of carbonyl (C=O) groups is 2. The lowest BCUT2D eigenvalue weighted by molar-refractivity contribution is -0.137. The number of primary amides is 1. The average molecular weight is 301 g/mol. The third-order valence-electron chi connectivity index (χ3n) is 2.56. The molecule has 6 N–H and O–H groups in total. The number of aliphatic carboxylic acids is 1. The van der Waals surface area contributed by atoms with Crippen molar-refractivity contribution in [2.45, 2.75) is 17.9 Å². The molecule has 0 saturated carbocycles. The Bertz CT molecular complexity index is 669. The van der Waals surface area contributed by atoms with E-state index in [1.807, 2.05) is 0 Å². The van der Waals surface area contributed by atoms with Crippen molar-refractivity contribution in [2.24, 2.45) is 5.73 Å². The summed E-state index contributed by atoms with van der Waals surface area (Å²) >= 11 is 0. The van der Waals surface area contributed by atoms with Gasteiger partial charge in [0.15, 0.2) is 9.84 Å². The number of amides is 1. The lowest BCUT2D eigenvalue weighted by Crippen LogP contribution is -2.28. The van der Waals surface area contributed by atoms with Crippen LogP contribution in [0.4, 0.5) is 11.4 Å². The predicted molar refractivity (Wildman–Crippen MR) is 73.2 cm³/mol. The number of hydrogen-bond donors (Lipinski definition) is 4. The molecular weight excluding hydrogens is 286 g/mol. The van der Waals surface area contributed by atoms with Crippen LogP contribution in [0.3, 0.4) is 0 Å². The van der Waals surface area contributed by atoms with E-state index in [0.717, 1.165) is 6.26 Å². The Kier molecular flexibility index (Phi) is 4.23. The van der Waals surface area contributed by atoms with Gasteiger partial charge in [-0.1, -0.05) is 0 Å². The van der Waals surface area contributed by atoms with Crippen LogP contribution in [-0.2, 0) is 14.6 Å². The Morgan fingerprint density at radius 2 is 1.90 bits per heavy atom. The molecule has 1 atom stereocenters. The van der Waals surface area contributed by atoms with Crippen LogP contribution in [0, 0.1) is 0 Å². The molecule has 20 heavy (non-hydrogen) atoms. The lowest BCUT2D eigenvalue weighted by Gasteiger charge is -2.18. The highest BCUT2D eigenvalue weighted by Gasteiger charge is 2.25. The maximum atomic E-state index is 11.8. The molecule has 8 nitrogen and oxygen atoms in total. The van der Waals surface area contributed by atoms with Gasteiger partial charge >= 0.3 is 5.97 Å². The summed E-state index contributed by atoms with van der Waals surface area (Å²) in [6.07, 6.45) is 0.903. The fraction of sp³-hybridized carbons (Fsp3) is 0.273. The third kappa shape index (κ3) is 3.18. The second-order valence-electron chi connectivity index (χ2n) is 4.25. The number of hydrogen-bond acceptors (Lipinski definition) is 6. The van der Waals surface area contributed by atoms with Gasteiger partial charge in [0, 0.05) is 6.26 Å². The van der Waals surface area contributed by atoms with Crippen molar-refractivity contribution >= 4 is 33.1 Å². The van der Waals surface area contributed by atoms with Crippen molar-refractivity contribution < 1.29 is 23.1 Å². The van der Waals surface area contributed by atoms with Gasteiger partial charge in [0.25, 0.3) is 5.91 Å². The summed E-state index contributed by atoms with van der Waals surface area (Å²) < 4.78 is 23.6. The van der Waals surface area contributed by atoms with Crippen molar-refractivity contribution in [3.05, 3.63) is 17.7 Å². The van der Waals surface area contributed by atoms with E-state index >= 15 is 0 Å². The second-order valence-corrected chi connectivity index (χ2v) is 6.20. The molecule has 0 bridgehead atoms. The van der Waals surface area contributed by atoms with E-state index in [9.17, 15) is 18.0 Å². The molecule has 0 fully saturated rings. The molecule has 1 aromatic carbocycles. The lowest BCUT2D eigenvalue weighted by atomic mass is 10.1. The molecular formula is C11H15N3O5S. The minimum atomic E-state index is -3.78. The van der Waals surface area contributed by atoms with Crippen LogP contribution in [-0.4, -0.2) is 37.7 Å². The van der Waals surface area contributed by atoms with Crippen molar-refractivity contribution in [1.82, 2.24) is 0 Å². The van der Waals surface area contributed by atoms with E-state index in [4.69, 9.17) is 16.6 Å². The molecule has 0 aliphatic rings. The Balaban J connectivity index is 3.62. The zero-order valence-electron chi connectivity index (χ0n) is 10.9. The fourth-order valence-electron chi connectivity index (χ4n) is 1.63. The van der Waals surface area contributed by atoms with Gasteiger partial charge in [-0.25, -0.2) is 8.42 Å². The van der Waals surface area contributed by atoms with Gasteiger partial charge in [0.05, 0.1) is 16.9 Å². The molecule has 0 heterocycles. The van der Waals surface area contributed by atoms with Crippen LogP contribution >= 0.6 is 0 Å². The van der Waals surface area contributed by atoms with Gasteiger partial charge in [0.2, 0.25) is 0 Å². The summed E-state index contributed by atoms with van der Waals surface area (Å²) in [6.45, 7) is 1.29. The fourth-order valence-corrected chi connectivity index (χ4v) is 2.66. The number of carboxylic acid groups (broad SMARTS) is 1. The number of benzene rings is 1. The van der Waals surface area contributed by atoms with E-state index in [1.165, 1.54) is 19.1 Å². The van der Waals surface area contributed by atoms with Crippen LogP contribution in [0.25, 0.3) is 0 Å². The number of nitrogens with one attached hydrogen (secondary N) is 1. The Morgan fingerprint density at radius 1 is 1.35 bits per heavy atom. The van der Waals surface area contributed by atoms with Crippen molar-refractivity contribution in [1.29, 1.82) is 0 Å². The van der Waals surface area contributed by atoms with E-state index in [2.05, 4.69) is 5.32 Å². The van der Waals surface area contributed by atoms with Crippen LogP contribution in [0.1, 0.15) is 17.3 Å². The standard InChI is InChI=1S/C11H15N3O5S/c1-5(11(16)17)14-8-6(10(13)15)3-4-7(12)9(8)20(2,18)19/h3-5,14H,12H2,1-2H3,(H2,13,15)(H,16,17)/t5-/m0/s1. The van der Waals surface area contributed by atoms with Gasteiger partial charge in [-0.05, 0) is 19.1 Å². The van der Waals surface area contributed by atoms with Crippen LogP contribution in [0.15, 0.2) is 17.0 Å². The first-order valence-electron chi connectivity index (χ1n) is 5.47. The monoisotopic (exact) mass is 301 g/mol. The zero-order valence-corrected chi connectivity index (χ0v) is 11.7. The van der Waals surface area contributed by atoms with Crippen molar-refractivity contribution in [2.75, 3.05) is 17.3 Å². The maximum Gasteiger partial charge on any atom is 0.325 e.